The molecular weight excluding hydrogens is 234 g/mol. The normalized spacial score (nSPS) is 26.1. The molecule has 96 valence electrons. The van der Waals surface area contributed by atoms with Gasteiger partial charge in [0, 0.05) is 17.8 Å². The third-order valence-electron chi connectivity index (χ3n) is 3.46. The van der Waals surface area contributed by atoms with E-state index >= 15 is 0 Å². The zero-order valence-electron chi connectivity index (χ0n) is 10.6. The van der Waals surface area contributed by atoms with Crippen LogP contribution in [0.2, 0.25) is 0 Å². The molecule has 1 amide bonds. The Bertz CT molecular complexity index is 324. The molecule has 4 nitrogen and oxygen atoms in total. The van der Waals surface area contributed by atoms with Crippen molar-refractivity contribution in [1.82, 2.24) is 10.6 Å². The fourth-order valence-corrected chi connectivity index (χ4v) is 3.75. The number of hydrogen-bond acceptors (Lipinski definition) is 3. The highest BCUT2D eigenvalue weighted by molar-refractivity contribution is 8.14. The second-order valence-corrected chi connectivity index (χ2v) is 5.87. The number of nitrogens with one attached hydrogen (secondary N) is 2. The average molecular weight is 255 g/mol. The summed E-state index contributed by atoms with van der Waals surface area (Å²) in [5.74, 6) is 1.11. The molecule has 0 aromatic rings. The van der Waals surface area contributed by atoms with E-state index in [0.717, 1.165) is 10.9 Å². The van der Waals surface area contributed by atoms with Crippen molar-refractivity contribution < 1.29 is 4.79 Å². The van der Waals surface area contributed by atoms with Gasteiger partial charge in [0.05, 0.1) is 0 Å². The molecule has 1 saturated carbocycles. The summed E-state index contributed by atoms with van der Waals surface area (Å²) in [4.78, 5) is 16.1. The number of thioether (sulfide) groups is 1. The molecule has 0 aromatic carbocycles. The lowest BCUT2D eigenvalue weighted by atomic mass is 10.0. The maximum Gasteiger partial charge on any atom is 0.244 e. The number of amidine groups is 1. The van der Waals surface area contributed by atoms with Gasteiger partial charge < -0.3 is 10.6 Å². The summed E-state index contributed by atoms with van der Waals surface area (Å²) in [6, 6.07) is -0.290. The zero-order valence-corrected chi connectivity index (χ0v) is 11.4. The predicted octanol–water partition coefficient (Wildman–Crippen LogP) is 1.52. The highest BCUT2D eigenvalue weighted by Gasteiger charge is 2.39. The number of aliphatic imine (C=N–C) groups is 1. The fraction of sp³-hybridized carbons (Fsp3) is 0.833. The minimum absolute atomic E-state index is 0.00905. The van der Waals surface area contributed by atoms with Crippen molar-refractivity contribution in [3.8, 4) is 0 Å². The lowest BCUT2D eigenvalue weighted by Crippen LogP contribution is -2.41. The highest BCUT2D eigenvalue weighted by atomic mass is 32.2. The van der Waals surface area contributed by atoms with Gasteiger partial charge in [-0.1, -0.05) is 24.6 Å². The zero-order chi connectivity index (χ0) is 12.3. The first-order valence-corrected chi connectivity index (χ1v) is 7.40. The van der Waals surface area contributed by atoms with Gasteiger partial charge in [-0.2, -0.15) is 0 Å². The van der Waals surface area contributed by atoms with E-state index < -0.39 is 0 Å². The van der Waals surface area contributed by atoms with E-state index in [1.54, 1.807) is 11.8 Å². The first kappa shape index (κ1) is 12.7. The Labute approximate surface area is 107 Å². The maximum atomic E-state index is 11.6. The third kappa shape index (κ3) is 2.94. The number of likely N-dealkylation sites (N-methyl/N-ethyl adjacent to an activating group) is 1. The Morgan fingerprint density at radius 1 is 1.59 bits per heavy atom. The largest absolute Gasteiger partial charge is 0.359 e. The smallest absolute Gasteiger partial charge is 0.244 e. The summed E-state index contributed by atoms with van der Waals surface area (Å²) in [6.07, 6.45) is 5.11. The van der Waals surface area contributed by atoms with Gasteiger partial charge >= 0.3 is 0 Å². The first-order chi connectivity index (χ1) is 8.15. The Hall–Kier alpha value is -0.710. The van der Waals surface area contributed by atoms with E-state index in [1.165, 1.54) is 25.7 Å². The molecule has 2 aliphatic rings. The Morgan fingerprint density at radius 2 is 2.29 bits per heavy atom. The molecule has 5 heteroatoms. The molecule has 1 aliphatic heterocycles. The molecule has 1 atom stereocenters. The molecule has 1 aliphatic carbocycles. The van der Waals surface area contributed by atoms with Crippen molar-refractivity contribution in [3.05, 3.63) is 0 Å². The van der Waals surface area contributed by atoms with Crippen LogP contribution in [0.1, 0.15) is 39.5 Å². The summed E-state index contributed by atoms with van der Waals surface area (Å²) in [7, 11) is 0. The van der Waals surface area contributed by atoms with Crippen LogP contribution in [0.5, 0.6) is 0 Å². The van der Waals surface area contributed by atoms with Crippen molar-refractivity contribution in [1.29, 1.82) is 0 Å². The molecule has 0 bridgehead atoms. The van der Waals surface area contributed by atoms with Gasteiger partial charge in [-0.05, 0) is 26.7 Å². The molecule has 0 aromatic heterocycles. The quantitative estimate of drug-likeness (QED) is 0.804. The standard InChI is InChI=1S/C12H21N3OS/c1-3-13-10(16)9(2)14-11-15-12(8-17-11)6-4-5-7-12/h9H,3-8H2,1-2H3,(H,13,16)(H,14,15). The van der Waals surface area contributed by atoms with Crippen molar-refractivity contribution in [2.24, 2.45) is 4.99 Å². The van der Waals surface area contributed by atoms with E-state index in [-0.39, 0.29) is 17.5 Å². The van der Waals surface area contributed by atoms with E-state index in [0.29, 0.717) is 6.54 Å². The summed E-state index contributed by atoms with van der Waals surface area (Å²) >= 11 is 1.76. The lowest BCUT2D eigenvalue weighted by molar-refractivity contribution is -0.121. The monoisotopic (exact) mass is 255 g/mol. The number of carbonyl (C=O) groups is 1. The topological polar surface area (TPSA) is 53.5 Å². The van der Waals surface area contributed by atoms with Crippen LogP contribution in [-0.4, -0.2) is 35.0 Å². The van der Waals surface area contributed by atoms with Crippen LogP contribution in [0, 0.1) is 0 Å². The van der Waals surface area contributed by atoms with Crippen LogP contribution in [0.15, 0.2) is 4.99 Å². The molecule has 1 spiro atoms. The minimum Gasteiger partial charge on any atom is -0.359 e. The molecule has 2 rings (SSSR count). The van der Waals surface area contributed by atoms with Crippen LogP contribution in [0.25, 0.3) is 0 Å². The Kier molecular flexibility index (Phi) is 3.97. The molecule has 2 N–H and O–H groups in total. The van der Waals surface area contributed by atoms with Gasteiger partial charge in [0.2, 0.25) is 5.91 Å². The molecule has 0 radical (unpaired) electrons. The first-order valence-electron chi connectivity index (χ1n) is 6.42. The van der Waals surface area contributed by atoms with E-state index in [2.05, 4.69) is 15.6 Å². The summed E-state index contributed by atoms with van der Waals surface area (Å²) < 4.78 is 0. The Morgan fingerprint density at radius 3 is 2.94 bits per heavy atom. The van der Waals surface area contributed by atoms with Gasteiger partial charge in [0.15, 0.2) is 5.17 Å². The highest BCUT2D eigenvalue weighted by Crippen LogP contribution is 2.37. The molecule has 2 fully saturated rings. The summed E-state index contributed by atoms with van der Waals surface area (Å²) in [5.41, 5.74) is 0.282. The van der Waals surface area contributed by atoms with Crippen LogP contribution >= 0.6 is 11.8 Å². The van der Waals surface area contributed by atoms with E-state index in [9.17, 15) is 4.79 Å². The van der Waals surface area contributed by atoms with Crippen LogP contribution in [0.3, 0.4) is 0 Å². The lowest BCUT2D eigenvalue weighted by Gasteiger charge is -2.22. The van der Waals surface area contributed by atoms with Gasteiger partial charge in [-0.25, -0.2) is 4.99 Å². The van der Waals surface area contributed by atoms with Gasteiger partial charge in [-0.15, -0.1) is 0 Å². The number of amides is 1. The fourth-order valence-electron chi connectivity index (χ4n) is 2.45. The second kappa shape index (κ2) is 5.29. The van der Waals surface area contributed by atoms with Crippen molar-refractivity contribution in [3.63, 3.8) is 0 Å². The minimum atomic E-state index is -0.290. The number of rotatable bonds is 3. The van der Waals surface area contributed by atoms with Gasteiger partial charge in [-0.3, -0.25) is 4.79 Å². The molecule has 17 heavy (non-hydrogen) atoms. The summed E-state index contributed by atoms with van der Waals surface area (Å²) in [6.45, 7) is 4.44. The number of nitrogens with zero attached hydrogens (tertiary/aromatic N) is 1. The molecular formula is C12H21N3OS. The SMILES string of the molecule is CCNC(=O)C(C)N=C1NC2(CCCC2)CS1. The molecule has 1 unspecified atom stereocenters. The number of carbonyl (C=O) groups excluding carboxylic acids is 1. The predicted molar refractivity (Wildman–Crippen MR) is 72.4 cm³/mol. The average Bonchev–Trinajstić information content (AvgIpc) is 2.90. The van der Waals surface area contributed by atoms with Gasteiger partial charge in [0.1, 0.15) is 6.04 Å². The van der Waals surface area contributed by atoms with Gasteiger partial charge in [0.25, 0.3) is 0 Å². The van der Waals surface area contributed by atoms with Crippen molar-refractivity contribution in [2.45, 2.75) is 51.1 Å². The second-order valence-electron chi connectivity index (χ2n) is 4.91. The molecule has 1 heterocycles. The van der Waals surface area contributed by atoms with E-state index in [1.807, 2.05) is 13.8 Å². The Balaban J connectivity index is 1.93. The summed E-state index contributed by atoms with van der Waals surface area (Å²) in [5, 5.41) is 7.27. The number of hydrogen-bond donors (Lipinski definition) is 2. The maximum absolute atomic E-state index is 11.6. The van der Waals surface area contributed by atoms with Crippen molar-refractivity contribution in [2.75, 3.05) is 12.3 Å². The van der Waals surface area contributed by atoms with Crippen LogP contribution in [-0.2, 0) is 4.79 Å². The third-order valence-corrected chi connectivity index (χ3v) is 4.64. The van der Waals surface area contributed by atoms with E-state index in [4.69, 9.17) is 0 Å². The van der Waals surface area contributed by atoms with Crippen molar-refractivity contribution >= 4 is 22.8 Å². The van der Waals surface area contributed by atoms with Crippen LogP contribution in [0.4, 0.5) is 0 Å². The molecule has 1 saturated heterocycles. The van der Waals surface area contributed by atoms with Crippen LogP contribution < -0.4 is 10.6 Å².